The van der Waals surface area contributed by atoms with Gasteiger partial charge in [0.05, 0.1) is 5.75 Å². The Labute approximate surface area is 109 Å². The largest absolute Gasteiger partial charge is 0.399 e. The maximum atomic E-state index is 11.6. The second kappa shape index (κ2) is 6.06. The lowest BCUT2D eigenvalue weighted by Crippen LogP contribution is -2.35. The first-order chi connectivity index (χ1) is 8.36. The molecule has 0 unspecified atom stereocenters. The zero-order chi connectivity index (χ0) is 13.8. The third-order valence-corrected chi connectivity index (χ3v) is 4.79. The molecule has 0 atom stereocenters. The van der Waals surface area contributed by atoms with Crippen molar-refractivity contribution >= 4 is 21.4 Å². The topological polar surface area (TPSA) is 66.6 Å². The number of likely N-dealkylation sites (N-methyl/N-ethyl adjacent to an activating group) is 2. The molecule has 0 amide bonds. The van der Waals surface area contributed by atoms with Crippen LogP contribution in [0.25, 0.3) is 0 Å². The standard InChI is InChI=1S/C12H21N3O2S/c1-4-18(16,17)15(3)10-9-14(2)12-7-5-11(13)6-8-12/h5-8H,4,9-10,13H2,1-3H3. The van der Waals surface area contributed by atoms with E-state index in [4.69, 9.17) is 5.73 Å². The predicted octanol–water partition coefficient (Wildman–Crippen LogP) is 0.987. The number of nitrogen functional groups attached to an aromatic ring is 1. The fraction of sp³-hybridized carbons (Fsp3) is 0.500. The van der Waals surface area contributed by atoms with Gasteiger partial charge >= 0.3 is 0 Å². The van der Waals surface area contributed by atoms with E-state index in [2.05, 4.69) is 0 Å². The number of nitrogens with two attached hydrogens (primary N) is 1. The summed E-state index contributed by atoms with van der Waals surface area (Å²) in [6, 6.07) is 7.50. The van der Waals surface area contributed by atoms with E-state index in [1.165, 1.54) is 4.31 Å². The van der Waals surface area contributed by atoms with Crippen molar-refractivity contribution in [1.29, 1.82) is 0 Å². The van der Waals surface area contributed by atoms with Gasteiger partial charge in [0.15, 0.2) is 0 Å². The van der Waals surface area contributed by atoms with Gasteiger partial charge in [0, 0.05) is 38.6 Å². The Hall–Kier alpha value is -1.27. The van der Waals surface area contributed by atoms with E-state index in [9.17, 15) is 8.42 Å². The fourth-order valence-corrected chi connectivity index (χ4v) is 2.31. The molecular formula is C12H21N3O2S. The molecular weight excluding hydrogens is 250 g/mol. The number of nitrogens with zero attached hydrogens (tertiary/aromatic N) is 2. The predicted molar refractivity (Wildman–Crippen MR) is 76.2 cm³/mol. The molecule has 6 heteroatoms. The summed E-state index contributed by atoms with van der Waals surface area (Å²) >= 11 is 0. The van der Waals surface area contributed by atoms with Crippen molar-refractivity contribution in [3.8, 4) is 0 Å². The Morgan fingerprint density at radius 3 is 2.17 bits per heavy atom. The molecule has 0 saturated carbocycles. The van der Waals surface area contributed by atoms with Crippen molar-refractivity contribution in [1.82, 2.24) is 4.31 Å². The molecule has 0 spiro atoms. The van der Waals surface area contributed by atoms with Crippen molar-refractivity contribution in [3.63, 3.8) is 0 Å². The summed E-state index contributed by atoms with van der Waals surface area (Å²) in [6.07, 6.45) is 0. The van der Waals surface area contributed by atoms with Crippen LogP contribution in [0.2, 0.25) is 0 Å². The molecule has 0 fully saturated rings. The molecule has 0 bridgehead atoms. The van der Waals surface area contributed by atoms with Gasteiger partial charge in [0.1, 0.15) is 0 Å². The summed E-state index contributed by atoms with van der Waals surface area (Å²) in [5.41, 5.74) is 7.36. The number of sulfonamides is 1. The van der Waals surface area contributed by atoms with Gasteiger partial charge < -0.3 is 10.6 Å². The normalized spacial score (nSPS) is 11.8. The minimum absolute atomic E-state index is 0.134. The van der Waals surface area contributed by atoms with Crippen LogP contribution >= 0.6 is 0 Å². The summed E-state index contributed by atoms with van der Waals surface area (Å²) in [6.45, 7) is 2.76. The van der Waals surface area contributed by atoms with Crippen LogP contribution in [0, 0.1) is 0 Å². The average Bonchev–Trinajstić information content (AvgIpc) is 2.36. The highest BCUT2D eigenvalue weighted by atomic mass is 32.2. The van der Waals surface area contributed by atoms with Crippen LogP contribution in [0.4, 0.5) is 11.4 Å². The van der Waals surface area contributed by atoms with Gasteiger partial charge in [-0.3, -0.25) is 0 Å². The molecule has 1 aromatic carbocycles. The van der Waals surface area contributed by atoms with Crippen LogP contribution in [0.5, 0.6) is 0 Å². The van der Waals surface area contributed by atoms with Crippen LogP contribution in [-0.4, -0.2) is 45.7 Å². The molecule has 0 radical (unpaired) electrons. The Morgan fingerprint density at radius 2 is 1.67 bits per heavy atom. The van der Waals surface area contributed by atoms with E-state index in [1.54, 1.807) is 14.0 Å². The first-order valence-electron chi connectivity index (χ1n) is 5.87. The number of anilines is 2. The Bertz CT molecular complexity index is 471. The fourth-order valence-electron chi connectivity index (χ4n) is 1.51. The van der Waals surface area contributed by atoms with Gasteiger partial charge in [-0.25, -0.2) is 12.7 Å². The Kier molecular flexibility index (Phi) is 4.98. The zero-order valence-corrected chi connectivity index (χ0v) is 11.9. The molecule has 0 aliphatic heterocycles. The highest BCUT2D eigenvalue weighted by Gasteiger charge is 2.15. The molecule has 1 aromatic rings. The average molecular weight is 271 g/mol. The smallest absolute Gasteiger partial charge is 0.213 e. The molecule has 0 aliphatic rings. The van der Waals surface area contributed by atoms with Crippen LogP contribution < -0.4 is 10.6 Å². The molecule has 5 nitrogen and oxygen atoms in total. The molecule has 102 valence electrons. The second-order valence-electron chi connectivity index (χ2n) is 4.24. The Morgan fingerprint density at radius 1 is 1.11 bits per heavy atom. The third kappa shape index (κ3) is 3.89. The monoisotopic (exact) mass is 271 g/mol. The zero-order valence-electron chi connectivity index (χ0n) is 11.1. The van der Waals surface area contributed by atoms with E-state index in [0.29, 0.717) is 13.1 Å². The Balaban J connectivity index is 2.56. The van der Waals surface area contributed by atoms with Crippen LogP contribution in [0.3, 0.4) is 0 Å². The van der Waals surface area contributed by atoms with E-state index in [-0.39, 0.29) is 5.75 Å². The maximum Gasteiger partial charge on any atom is 0.213 e. The van der Waals surface area contributed by atoms with Gasteiger partial charge in [0.25, 0.3) is 0 Å². The molecule has 1 rings (SSSR count). The van der Waals surface area contributed by atoms with Crippen LogP contribution in [0.1, 0.15) is 6.92 Å². The molecule has 0 saturated heterocycles. The lowest BCUT2D eigenvalue weighted by molar-refractivity contribution is 0.475. The number of benzene rings is 1. The van der Waals surface area contributed by atoms with E-state index in [0.717, 1.165) is 11.4 Å². The van der Waals surface area contributed by atoms with Crippen molar-refractivity contribution in [3.05, 3.63) is 24.3 Å². The summed E-state index contributed by atoms with van der Waals surface area (Å²) in [7, 11) is 0.439. The van der Waals surface area contributed by atoms with E-state index in [1.807, 2.05) is 36.2 Å². The van der Waals surface area contributed by atoms with Crippen molar-refractivity contribution in [2.45, 2.75) is 6.92 Å². The minimum atomic E-state index is -3.10. The first kappa shape index (κ1) is 14.8. The van der Waals surface area contributed by atoms with E-state index >= 15 is 0 Å². The molecule has 0 aliphatic carbocycles. The van der Waals surface area contributed by atoms with Crippen molar-refractivity contribution in [2.24, 2.45) is 0 Å². The number of hydrogen-bond acceptors (Lipinski definition) is 4. The van der Waals surface area contributed by atoms with Gasteiger partial charge in [-0.1, -0.05) is 0 Å². The van der Waals surface area contributed by atoms with Crippen molar-refractivity contribution in [2.75, 3.05) is 43.6 Å². The summed E-state index contributed by atoms with van der Waals surface area (Å²) in [5, 5.41) is 0. The molecule has 0 heterocycles. The van der Waals surface area contributed by atoms with Crippen LogP contribution in [0.15, 0.2) is 24.3 Å². The first-order valence-corrected chi connectivity index (χ1v) is 7.48. The second-order valence-corrected chi connectivity index (χ2v) is 6.60. The highest BCUT2D eigenvalue weighted by Crippen LogP contribution is 2.14. The van der Waals surface area contributed by atoms with Crippen LogP contribution in [-0.2, 0) is 10.0 Å². The summed E-state index contributed by atoms with van der Waals surface area (Å²) < 4.78 is 24.6. The number of hydrogen-bond donors (Lipinski definition) is 1. The van der Waals surface area contributed by atoms with Gasteiger partial charge in [-0.05, 0) is 31.2 Å². The lowest BCUT2D eigenvalue weighted by Gasteiger charge is -2.23. The maximum absolute atomic E-state index is 11.6. The summed E-state index contributed by atoms with van der Waals surface area (Å²) in [4.78, 5) is 2.00. The van der Waals surface area contributed by atoms with Gasteiger partial charge in [-0.15, -0.1) is 0 Å². The molecule has 0 aromatic heterocycles. The molecule has 2 N–H and O–H groups in total. The quantitative estimate of drug-likeness (QED) is 0.783. The van der Waals surface area contributed by atoms with E-state index < -0.39 is 10.0 Å². The SMILES string of the molecule is CCS(=O)(=O)N(C)CCN(C)c1ccc(N)cc1. The lowest BCUT2D eigenvalue weighted by atomic mass is 10.2. The summed E-state index contributed by atoms with van der Waals surface area (Å²) in [5.74, 6) is 0.134. The minimum Gasteiger partial charge on any atom is -0.399 e. The molecule has 18 heavy (non-hydrogen) atoms. The van der Waals surface area contributed by atoms with Gasteiger partial charge in [0.2, 0.25) is 10.0 Å². The van der Waals surface area contributed by atoms with Crippen molar-refractivity contribution < 1.29 is 8.42 Å². The number of rotatable bonds is 6. The third-order valence-electron chi connectivity index (χ3n) is 2.92. The van der Waals surface area contributed by atoms with Gasteiger partial charge in [-0.2, -0.15) is 0 Å². The highest BCUT2D eigenvalue weighted by molar-refractivity contribution is 7.89.